The number of rotatable bonds is 6. The van der Waals surface area contributed by atoms with Gasteiger partial charge in [-0.05, 0) is 52.2 Å². The minimum atomic E-state index is -0.422. The van der Waals surface area contributed by atoms with Crippen LogP contribution >= 0.6 is 0 Å². The molecule has 0 saturated heterocycles. The highest BCUT2D eigenvalue weighted by Gasteiger charge is 2.07. The van der Waals surface area contributed by atoms with Crippen LogP contribution in [0.2, 0.25) is 0 Å². The van der Waals surface area contributed by atoms with Gasteiger partial charge in [0, 0.05) is 11.6 Å². The van der Waals surface area contributed by atoms with Crippen molar-refractivity contribution in [2.75, 3.05) is 0 Å². The van der Waals surface area contributed by atoms with Crippen molar-refractivity contribution in [2.24, 2.45) is 0 Å². The van der Waals surface area contributed by atoms with Gasteiger partial charge in [0.1, 0.15) is 12.4 Å². The molecule has 4 rings (SSSR count). The van der Waals surface area contributed by atoms with Crippen LogP contribution in [0, 0.1) is 0 Å². The number of benzene rings is 4. The first-order chi connectivity index (χ1) is 15.7. The van der Waals surface area contributed by atoms with Crippen molar-refractivity contribution >= 4 is 28.7 Å². The summed E-state index contributed by atoms with van der Waals surface area (Å²) in [6, 6.07) is 30.4. The number of nitrogens with one attached hydrogen (secondary N) is 2. The fraction of sp³-hybridized carbons (Fsp3) is 0.0370. The van der Waals surface area contributed by atoms with Gasteiger partial charge in [-0.2, -0.15) is 0 Å². The first-order valence-electron chi connectivity index (χ1n) is 10.2. The molecule has 0 saturated carbocycles. The Morgan fingerprint density at radius 2 is 1.47 bits per heavy atom. The quantitative estimate of drug-likeness (QED) is 0.343. The van der Waals surface area contributed by atoms with E-state index in [1.54, 1.807) is 30.3 Å². The Labute approximate surface area is 186 Å². The van der Waals surface area contributed by atoms with Crippen molar-refractivity contribution in [3.05, 3.63) is 120 Å². The Morgan fingerprint density at radius 3 is 2.28 bits per heavy atom. The van der Waals surface area contributed by atoms with Crippen molar-refractivity contribution in [3.63, 3.8) is 0 Å². The maximum absolute atomic E-state index is 12.3. The van der Waals surface area contributed by atoms with Gasteiger partial charge in [0.15, 0.2) is 0 Å². The van der Waals surface area contributed by atoms with E-state index in [2.05, 4.69) is 10.9 Å². The zero-order valence-corrected chi connectivity index (χ0v) is 17.3. The lowest BCUT2D eigenvalue weighted by molar-refractivity contribution is -0.117. The Bertz CT molecular complexity index is 1240. The molecule has 2 amide bonds. The van der Waals surface area contributed by atoms with E-state index in [0.717, 1.165) is 21.9 Å². The van der Waals surface area contributed by atoms with E-state index < -0.39 is 11.8 Å². The van der Waals surface area contributed by atoms with Crippen LogP contribution in [-0.2, 0) is 11.4 Å². The summed E-state index contributed by atoms with van der Waals surface area (Å²) < 4.78 is 5.72. The van der Waals surface area contributed by atoms with Gasteiger partial charge in [-0.15, -0.1) is 0 Å². The van der Waals surface area contributed by atoms with Gasteiger partial charge in [-0.25, -0.2) is 0 Å². The molecule has 0 bridgehead atoms. The third kappa shape index (κ3) is 5.40. The van der Waals surface area contributed by atoms with Crippen molar-refractivity contribution in [1.82, 2.24) is 10.9 Å². The molecule has 2 N–H and O–H groups in total. The summed E-state index contributed by atoms with van der Waals surface area (Å²) in [5, 5.41) is 2.15. The third-order valence-corrected chi connectivity index (χ3v) is 4.90. The molecule has 0 fully saturated rings. The van der Waals surface area contributed by atoms with E-state index >= 15 is 0 Å². The molecule has 4 aromatic carbocycles. The average Bonchev–Trinajstić information content (AvgIpc) is 2.85. The monoisotopic (exact) mass is 422 g/mol. The molecular weight excluding hydrogens is 400 g/mol. The van der Waals surface area contributed by atoms with Crippen molar-refractivity contribution in [3.8, 4) is 5.75 Å². The van der Waals surface area contributed by atoms with Crippen LogP contribution in [0.4, 0.5) is 0 Å². The zero-order valence-electron chi connectivity index (χ0n) is 17.3. The highest BCUT2D eigenvalue weighted by Crippen LogP contribution is 2.19. The Kier molecular flexibility index (Phi) is 6.58. The lowest BCUT2D eigenvalue weighted by atomic mass is 10.0. The molecule has 0 unspecified atom stereocenters. The van der Waals surface area contributed by atoms with Gasteiger partial charge in [0.05, 0.1) is 0 Å². The van der Waals surface area contributed by atoms with Crippen LogP contribution < -0.4 is 15.6 Å². The predicted octanol–water partition coefficient (Wildman–Crippen LogP) is 4.89. The Hall–Kier alpha value is -4.38. The van der Waals surface area contributed by atoms with Crippen LogP contribution in [0.5, 0.6) is 5.75 Å². The van der Waals surface area contributed by atoms with Crippen LogP contribution in [-0.4, -0.2) is 11.8 Å². The first kappa shape index (κ1) is 20.9. The SMILES string of the molecule is O=C(C=Cc1cccc2ccccc12)NNC(=O)c1ccc(OCc2ccccc2)cc1. The molecule has 0 aliphatic heterocycles. The topological polar surface area (TPSA) is 67.4 Å². The van der Waals surface area contributed by atoms with Crippen LogP contribution in [0.1, 0.15) is 21.5 Å². The molecule has 0 aliphatic rings. The Balaban J connectivity index is 1.29. The number of hydrogen-bond donors (Lipinski definition) is 2. The molecule has 0 atom stereocenters. The second-order valence-corrected chi connectivity index (χ2v) is 7.14. The number of ether oxygens (including phenoxy) is 1. The molecule has 0 aromatic heterocycles. The van der Waals surface area contributed by atoms with E-state index in [-0.39, 0.29) is 0 Å². The smallest absolute Gasteiger partial charge is 0.269 e. The third-order valence-electron chi connectivity index (χ3n) is 4.90. The van der Waals surface area contributed by atoms with Crippen molar-refractivity contribution < 1.29 is 14.3 Å². The molecule has 32 heavy (non-hydrogen) atoms. The zero-order chi connectivity index (χ0) is 22.2. The molecule has 0 radical (unpaired) electrons. The molecule has 0 heterocycles. The number of hydrazine groups is 1. The van der Waals surface area contributed by atoms with Gasteiger partial charge in [0.2, 0.25) is 0 Å². The van der Waals surface area contributed by atoms with E-state index in [1.807, 2.05) is 72.8 Å². The number of carbonyl (C=O) groups is 2. The molecule has 158 valence electrons. The normalized spacial score (nSPS) is 10.8. The van der Waals surface area contributed by atoms with E-state index in [0.29, 0.717) is 17.9 Å². The fourth-order valence-electron chi connectivity index (χ4n) is 3.24. The molecule has 0 spiro atoms. The number of amides is 2. The Morgan fingerprint density at radius 1 is 0.750 bits per heavy atom. The van der Waals surface area contributed by atoms with E-state index in [9.17, 15) is 9.59 Å². The lowest BCUT2D eigenvalue weighted by Gasteiger charge is -2.08. The summed E-state index contributed by atoms with van der Waals surface area (Å²) in [6.07, 6.45) is 3.12. The minimum absolute atomic E-state index is 0.411. The standard InChI is InChI=1S/C27H22N2O3/c30-26(18-15-22-11-6-10-21-9-4-5-12-25(21)22)28-29-27(31)23-13-16-24(17-14-23)32-19-20-7-2-1-3-8-20/h1-18H,19H2,(H,28,30)(H,29,31). The van der Waals surface area contributed by atoms with Gasteiger partial charge in [0.25, 0.3) is 11.8 Å². The maximum atomic E-state index is 12.3. The molecule has 0 aliphatic carbocycles. The van der Waals surface area contributed by atoms with Gasteiger partial charge in [-0.1, -0.05) is 72.8 Å². The van der Waals surface area contributed by atoms with Crippen LogP contribution in [0.3, 0.4) is 0 Å². The fourth-order valence-corrected chi connectivity index (χ4v) is 3.24. The first-order valence-corrected chi connectivity index (χ1v) is 10.2. The second kappa shape index (κ2) is 10.1. The number of fused-ring (bicyclic) bond motifs is 1. The number of carbonyl (C=O) groups excluding carboxylic acids is 2. The summed E-state index contributed by atoms with van der Waals surface area (Å²) >= 11 is 0. The highest BCUT2D eigenvalue weighted by atomic mass is 16.5. The molecule has 5 nitrogen and oxygen atoms in total. The summed E-state index contributed by atoms with van der Waals surface area (Å²) in [5.41, 5.74) is 7.23. The molecular formula is C27H22N2O3. The summed E-state index contributed by atoms with van der Waals surface area (Å²) in [5.74, 6) is -0.173. The largest absolute Gasteiger partial charge is 0.489 e. The van der Waals surface area contributed by atoms with Gasteiger partial charge < -0.3 is 4.74 Å². The van der Waals surface area contributed by atoms with Crippen LogP contribution in [0.15, 0.2) is 103 Å². The van der Waals surface area contributed by atoms with Crippen LogP contribution in [0.25, 0.3) is 16.8 Å². The summed E-state index contributed by atoms with van der Waals surface area (Å²) in [7, 11) is 0. The van der Waals surface area contributed by atoms with Crippen molar-refractivity contribution in [1.29, 1.82) is 0 Å². The maximum Gasteiger partial charge on any atom is 0.269 e. The highest BCUT2D eigenvalue weighted by molar-refractivity contribution is 5.99. The van der Waals surface area contributed by atoms with Crippen molar-refractivity contribution in [2.45, 2.75) is 6.61 Å². The van der Waals surface area contributed by atoms with E-state index in [4.69, 9.17) is 4.74 Å². The van der Waals surface area contributed by atoms with Gasteiger partial charge >= 0.3 is 0 Å². The second-order valence-electron chi connectivity index (χ2n) is 7.14. The van der Waals surface area contributed by atoms with Gasteiger partial charge in [-0.3, -0.25) is 20.4 Å². The summed E-state index contributed by atoms with van der Waals surface area (Å²) in [6.45, 7) is 0.450. The molecule has 5 heteroatoms. The minimum Gasteiger partial charge on any atom is -0.489 e. The summed E-state index contributed by atoms with van der Waals surface area (Å²) in [4.78, 5) is 24.4. The number of hydrogen-bond acceptors (Lipinski definition) is 3. The average molecular weight is 422 g/mol. The lowest BCUT2D eigenvalue weighted by Crippen LogP contribution is -2.40. The molecule has 4 aromatic rings. The van der Waals surface area contributed by atoms with E-state index in [1.165, 1.54) is 6.08 Å². The predicted molar refractivity (Wildman–Crippen MR) is 126 cm³/mol.